The Bertz CT molecular complexity index is 437. The maximum Gasteiger partial charge on any atom is 0.203 e. The molecule has 0 radical (unpaired) electrons. The summed E-state index contributed by atoms with van der Waals surface area (Å²) in [5, 5.41) is 11.0. The molecule has 0 atom stereocenters. The number of aromatic nitrogens is 4. The largest absolute Gasteiger partial charge is 0.355 e. The van der Waals surface area contributed by atoms with Crippen molar-refractivity contribution in [2.24, 2.45) is 0 Å². The van der Waals surface area contributed by atoms with E-state index in [1.54, 1.807) is 12.5 Å². The minimum absolute atomic E-state index is 0.788. The zero-order valence-corrected chi connectivity index (χ0v) is 8.88. The first-order valence-electron chi connectivity index (χ1n) is 4.83. The van der Waals surface area contributed by atoms with Crippen LogP contribution in [0.3, 0.4) is 0 Å². The second kappa shape index (κ2) is 4.22. The Kier molecular flexibility index (Phi) is 2.77. The van der Waals surface area contributed by atoms with Gasteiger partial charge in [0.05, 0.1) is 0 Å². The summed E-state index contributed by atoms with van der Waals surface area (Å²) in [6.07, 6.45) is 5.26. The summed E-state index contributed by atoms with van der Waals surface area (Å²) < 4.78 is 1.86. The summed E-state index contributed by atoms with van der Waals surface area (Å²) in [7, 11) is 3.92. The number of fused-ring (bicyclic) bond motifs is 1. The molecule has 0 saturated carbocycles. The molecule has 80 valence electrons. The summed E-state index contributed by atoms with van der Waals surface area (Å²) in [5.41, 5.74) is 0.788. The number of hydrogen-bond acceptors (Lipinski definition) is 5. The summed E-state index contributed by atoms with van der Waals surface area (Å²) in [4.78, 5) is 6.36. The second-order valence-corrected chi connectivity index (χ2v) is 3.34. The van der Waals surface area contributed by atoms with Crippen molar-refractivity contribution in [1.29, 1.82) is 0 Å². The molecule has 0 aliphatic rings. The van der Waals surface area contributed by atoms with Crippen LogP contribution in [0.5, 0.6) is 0 Å². The first-order chi connectivity index (χ1) is 7.33. The van der Waals surface area contributed by atoms with Crippen LogP contribution in [-0.2, 0) is 0 Å². The molecule has 6 heteroatoms. The van der Waals surface area contributed by atoms with Crippen LogP contribution in [0.1, 0.15) is 0 Å². The van der Waals surface area contributed by atoms with E-state index in [1.807, 2.05) is 24.7 Å². The van der Waals surface area contributed by atoms with Crippen molar-refractivity contribution in [3.8, 4) is 0 Å². The van der Waals surface area contributed by atoms with Gasteiger partial charge in [0.15, 0.2) is 5.82 Å². The maximum absolute atomic E-state index is 4.31. The highest BCUT2D eigenvalue weighted by Gasteiger charge is 2.08. The van der Waals surface area contributed by atoms with E-state index in [2.05, 4.69) is 25.4 Å². The van der Waals surface area contributed by atoms with Gasteiger partial charge in [-0.15, -0.1) is 10.2 Å². The second-order valence-electron chi connectivity index (χ2n) is 3.34. The number of likely N-dealkylation sites (N-methyl/N-ethyl adjacent to an activating group) is 2. The van der Waals surface area contributed by atoms with Gasteiger partial charge in [0.2, 0.25) is 5.65 Å². The topological polar surface area (TPSA) is 58.4 Å². The third-order valence-corrected chi connectivity index (χ3v) is 2.26. The van der Waals surface area contributed by atoms with E-state index in [9.17, 15) is 0 Å². The van der Waals surface area contributed by atoms with E-state index >= 15 is 0 Å². The van der Waals surface area contributed by atoms with Gasteiger partial charge < -0.3 is 10.2 Å². The molecule has 2 heterocycles. The zero-order valence-electron chi connectivity index (χ0n) is 8.88. The van der Waals surface area contributed by atoms with Gasteiger partial charge in [-0.2, -0.15) is 0 Å². The molecular weight excluding hydrogens is 192 g/mol. The predicted octanol–water partition coefficient (Wildman–Crippen LogP) is -0.220. The summed E-state index contributed by atoms with van der Waals surface area (Å²) in [6, 6.07) is 0. The van der Waals surface area contributed by atoms with Crippen molar-refractivity contribution in [2.75, 3.05) is 32.1 Å². The Morgan fingerprint density at radius 3 is 3.20 bits per heavy atom. The first-order valence-corrected chi connectivity index (χ1v) is 4.83. The van der Waals surface area contributed by atoms with Gasteiger partial charge in [0, 0.05) is 32.5 Å². The monoisotopic (exact) mass is 206 g/mol. The van der Waals surface area contributed by atoms with E-state index in [-0.39, 0.29) is 0 Å². The zero-order chi connectivity index (χ0) is 10.7. The van der Waals surface area contributed by atoms with Crippen molar-refractivity contribution < 1.29 is 0 Å². The molecule has 0 fully saturated rings. The standard InChI is InChI=1S/C9H14N6/c1-10-3-5-14(2)8-9-13-12-7-15(9)6-4-11-8/h4,6-7,10H,3,5H2,1-2H3. The van der Waals surface area contributed by atoms with E-state index in [0.29, 0.717) is 0 Å². The molecule has 15 heavy (non-hydrogen) atoms. The average molecular weight is 206 g/mol. The average Bonchev–Trinajstić information content (AvgIpc) is 2.73. The van der Waals surface area contributed by atoms with E-state index in [1.165, 1.54) is 0 Å². The molecule has 0 aromatic carbocycles. The number of rotatable bonds is 4. The van der Waals surface area contributed by atoms with Crippen LogP contribution in [0.15, 0.2) is 18.7 Å². The predicted molar refractivity (Wildman–Crippen MR) is 58.0 cm³/mol. The fraction of sp³-hybridized carbons (Fsp3) is 0.444. The Morgan fingerprint density at radius 2 is 2.40 bits per heavy atom. The third kappa shape index (κ3) is 1.89. The molecule has 2 rings (SSSR count). The summed E-state index contributed by atoms with van der Waals surface area (Å²) in [6.45, 7) is 1.80. The quantitative estimate of drug-likeness (QED) is 0.749. The molecule has 1 N–H and O–H groups in total. The molecule has 2 aromatic rings. The van der Waals surface area contributed by atoms with Crippen molar-refractivity contribution in [2.45, 2.75) is 0 Å². The fourth-order valence-electron chi connectivity index (χ4n) is 1.40. The van der Waals surface area contributed by atoms with Crippen LogP contribution < -0.4 is 10.2 Å². The Balaban J connectivity index is 2.29. The van der Waals surface area contributed by atoms with Gasteiger partial charge in [-0.25, -0.2) is 4.98 Å². The minimum Gasteiger partial charge on any atom is -0.355 e. The highest BCUT2D eigenvalue weighted by Crippen LogP contribution is 2.13. The smallest absolute Gasteiger partial charge is 0.203 e. The lowest BCUT2D eigenvalue weighted by atomic mass is 10.5. The number of nitrogens with zero attached hydrogens (tertiary/aromatic N) is 5. The van der Waals surface area contributed by atoms with Crippen molar-refractivity contribution >= 4 is 11.5 Å². The van der Waals surface area contributed by atoms with Crippen LogP contribution >= 0.6 is 0 Å². The molecule has 0 aliphatic heterocycles. The molecular formula is C9H14N6. The van der Waals surface area contributed by atoms with Crippen LogP contribution in [0.25, 0.3) is 5.65 Å². The first kappa shape index (κ1) is 9.85. The maximum atomic E-state index is 4.31. The molecule has 0 spiro atoms. The van der Waals surface area contributed by atoms with Crippen molar-refractivity contribution in [3.05, 3.63) is 18.7 Å². The van der Waals surface area contributed by atoms with E-state index in [0.717, 1.165) is 24.6 Å². The van der Waals surface area contributed by atoms with Gasteiger partial charge in [-0.3, -0.25) is 4.40 Å². The molecule has 0 bridgehead atoms. The van der Waals surface area contributed by atoms with Crippen LogP contribution in [0.4, 0.5) is 5.82 Å². The number of hydrogen-bond donors (Lipinski definition) is 1. The Hall–Kier alpha value is -1.69. The highest BCUT2D eigenvalue weighted by atomic mass is 15.3. The lowest BCUT2D eigenvalue weighted by Crippen LogP contribution is -2.28. The summed E-state index contributed by atoms with van der Waals surface area (Å²) >= 11 is 0. The highest BCUT2D eigenvalue weighted by molar-refractivity contribution is 5.62. The number of anilines is 1. The molecule has 6 nitrogen and oxygen atoms in total. The van der Waals surface area contributed by atoms with Gasteiger partial charge in [-0.1, -0.05) is 0 Å². The van der Waals surface area contributed by atoms with Crippen LogP contribution in [-0.4, -0.2) is 46.8 Å². The van der Waals surface area contributed by atoms with Crippen LogP contribution in [0.2, 0.25) is 0 Å². The number of nitrogens with one attached hydrogen (secondary N) is 1. The molecule has 0 unspecified atom stereocenters. The van der Waals surface area contributed by atoms with Gasteiger partial charge >= 0.3 is 0 Å². The minimum atomic E-state index is 0.788. The molecule has 0 amide bonds. The normalized spacial score (nSPS) is 10.8. The van der Waals surface area contributed by atoms with Gasteiger partial charge in [0.1, 0.15) is 6.33 Å². The lowest BCUT2D eigenvalue weighted by molar-refractivity contribution is 0.761. The van der Waals surface area contributed by atoms with Gasteiger partial charge in [0.25, 0.3) is 0 Å². The summed E-state index contributed by atoms with van der Waals surface area (Å²) in [5.74, 6) is 0.852. The van der Waals surface area contributed by atoms with Crippen molar-refractivity contribution in [3.63, 3.8) is 0 Å². The van der Waals surface area contributed by atoms with E-state index in [4.69, 9.17) is 0 Å². The SMILES string of the molecule is CNCCN(C)c1nccn2cnnc12. The lowest BCUT2D eigenvalue weighted by Gasteiger charge is -2.17. The van der Waals surface area contributed by atoms with Crippen LogP contribution in [0, 0.1) is 0 Å². The molecule has 0 aliphatic carbocycles. The molecule has 2 aromatic heterocycles. The molecule has 0 saturated heterocycles. The van der Waals surface area contributed by atoms with Crippen molar-refractivity contribution in [1.82, 2.24) is 24.9 Å². The van der Waals surface area contributed by atoms with E-state index < -0.39 is 0 Å². The fourth-order valence-corrected chi connectivity index (χ4v) is 1.40. The Morgan fingerprint density at radius 1 is 1.53 bits per heavy atom. The van der Waals surface area contributed by atoms with Gasteiger partial charge in [-0.05, 0) is 7.05 Å². The third-order valence-electron chi connectivity index (χ3n) is 2.26. The Labute approximate surface area is 87.9 Å².